The van der Waals surface area contributed by atoms with Crippen LogP contribution in [0.5, 0.6) is 5.75 Å². The molecule has 0 bridgehead atoms. The number of carbonyl (C=O) groups is 1. The van der Waals surface area contributed by atoms with Gasteiger partial charge in [0.25, 0.3) is 0 Å². The topological polar surface area (TPSA) is 54.0 Å². The van der Waals surface area contributed by atoms with Crippen molar-refractivity contribution in [3.8, 4) is 5.75 Å². The summed E-state index contributed by atoms with van der Waals surface area (Å²) in [5.74, 6) is 0.554. The van der Waals surface area contributed by atoms with E-state index in [1.165, 1.54) is 0 Å². The summed E-state index contributed by atoms with van der Waals surface area (Å²) in [4.78, 5) is 11.3. The number of ether oxygens (including phenoxy) is 2. The quantitative estimate of drug-likeness (QED) is 0.436. The molecule has 1 fully saturated rings. The van der Waals surface area contributed by atoms with E-state index in [0.717, 1.165) is 11.2 Å². The van der Waals surface area contributed by atoms with Gasteiger partial charge in [-0.25, -0.2) is 0 Å². The summed E-state index contributed by atoms with van der Waals surface area (Å²) in [5, 5.41) is 0. The lowest BCUT2D eigenvalue weighted by atomic mass is 9.79. The first-order valence-corrected chi connectivity index (χ1v) is 8.49. The molecule has 0 atom stereocenters. The van der Waals surface area contributed by atoms with Crippen molar-refractivity contribution in [2.45, 2.75) is 58.7 Å². The van der Waals surface area contributed by atoms with Crippen LogP contribution in [0.1, 0.15) is 47.5 Å². The van der Waals surface area contributed by atoms with Crippen molar-refractivity contribution in [2.24, 2.45) is 0 Å². The second kappa shape index (κ2) is 7.57. The lowest BCUT2D eigenvalue weighted by Crippen LogP contribution is -2.41. The third kappa shape index (κ3) is 4.51. The van der Waals surface area contributed by atoms with Gasteiger partial charge in [-0.3, -0.25) is 4.79 Å². The van der Waals surface area contributed by atoms with Gasteiger partial charge in [0.2, 0.25) is 0 Å². The summed E-state index contributed by atoms with van der Waals surface area (Å²) >= 11 is 0. The van der Waals surface area contributed by atoms with Gasteiger partial charge >= 0.3 is 13.1 Å². The summed E-state index contributed by atoms with van der Waals surface area (Å²) < 4.78 is 22.7. The zero-order chi connectivity index (χ0) is 17.8. The SMILES string of the molecule is CCOC(=O)CCCOc1cccc(B2OC(C)(C)C(C)(C)O2)c1. The predicted octanol–water partition coefficient (Wildman–Crippen LogP) is 2.71. The molecule has 1 aliphatic rings. The lowest BCUT2D eigenvalue weighted by Gasteiger charge is -2.32. The average Bonchev–Trinajstić information content (AvgIpc) is 2.73. The molecule has 0 radical (unpaired) electrons. The van der Waals surface area contributed by atoms with Crippen molar-refractivity contribution in [3.05, 3.63) is 24.3 Å². The Balaban J connectivity index is 1.90. The molecule has 5 nitrogen and oxygen atoms in total. The Labute approximate surface area is 144 Å². The summed E-state index contributed by atoms with van der Waals surface area (Å²) in [6.45, 7) is 10.8. The molecule has 1 saturated heterocycles. The molecule has 0 unspecified atom stereocenters. The monoisotopic (exact) mass is 334 g/mol. The molecule has 1 aromatic carbocycles. The van der Waals surface area contributed by atoms with Crippen LogP contribution >= 0.6 is 0 Å². The fourth-order valence-electron chi connectivity index (χ4n) is 2.37. The maximum Gasteiger partial charge on any atom is 0.494 e. The van der Waals surface area contributed by atoms with E-state index < -0.39 is 7.12 Å². The second-order valence-corrected chi connectivity index (χ2v) is 6.92. The van der Waals surface area contributed by atoms with E-state index in [1.54, 1.807) is 6.92 Å². The molecule has 1 aromatic rings. The smallest absolute Gasteiger partial charge is 0.494 e. The third-order valence-electron chi connectivity index (χ3n) is 4.48. The fourth-order valence-corrected chi connectivity index (χ4v) is 2.37. The normalized spacial score (nSPS) is 18.5. The molecule has 0 spiro atoms. The molecule has 132 valence electrons. The van der Waals surface area contributed by atoms with Crippen LogP contribution in [0.15, 0.2) is 24.3 Å². The van der Waals surface area contributed by atoms with Gasteiger partial charge in [0.1, 0.15) is 5.75 Å². The van der Waals surface area contributed by atoms with Gasteiger partial charge in [-0.15, -0.1) is 0 Å². The first kappa shape index (κ1) is 18.8. The molecule has 1 aliphatic heterocycles. The largest absolute Gasteiger partial charge is 0.494 e. The Kier molecular flexibility index (Phi) is 5.94. The van der Waals surface area contributed by atoms with Crippen LogP contribution in [0.25, 0.3) is 0 Å². The highest BCUT2D eigenvalue weighted by molar-refractivity contribution is 6.62. The molecule has 6 heteroatoms. The van der Waals surface area contributed by atoms with Gasteiger partial charge in [-0.05, 0) is 58.6 Å². The van der Waals surface area contributed by atoms with Crippen LogP contribution < -0.4 is 10.2 Å². The Bertz CT molecular complexity index is 554. The Hall–Kier alpha value is -1.53. The molecule has 24 heavy (non-hydrogen) atoms. The minimum atomic E-state index is -0.405. The highest BCUT2D eigenvalue weighted by Gasteiger charge is 2.51. The first-order valence-electron chi connectivity index (χ1n) is 8.49. The zero-order valence-electron chi connectivity index (χ0n) is 15.3. The van der Waals surface area contributed by atoms with Gasteiger partial charge in [0.15, 0.2) is 0 Å². The first-order chi connectivity index (χ1) is 11.2. The van der Waals surface area contributed by atoms with Crippen LogP contribution in [-0.2, 0) is 18.8 Å². The number of carbonyl (C=O) groups excluding carboxylic acids is 1. The summed E-state index contributed by atoms with van der Waals surface area (Å²) in [7, 11) is -0.405. The van der Waals surface area contributed by atoms with E-state index in [-0.39, 0.29) is 17.2 Å². The van der Waals surface area contributed by atoms with Crippen molar-refractivity contribution >= 4 is 18.6 Å². The standard InChI is InChI=1S/C18H27BO5/c1-6-21-16(20)11-8-12-22-15-10-7-9-14(13-15)19-23-17(2,3)18(4,5)24-19/h7,9-10,13H,6,8,11-12H2,1-5H3. The van der Waals surface area contributed by atoms with Gasteiger partial charge < -0.3 is 18.8 Å². The van der Waals surface area contributed by atoms with Gasteiger partial charge in [-0.2, -0.15) is 0 Å². The van der Waals surface area contributed by atoms with Crippen molar-refractivity contribution in [1.29, 1.82) is 0 Å². The summed E-state index contributed by atoms with van der Waals surface area (Å²) in [5.41, 5.74) is 0.194. The summed E-state index contributed by atoms with van der Waals surface area (Å²) in [6, 6.07) is 7.69. The third-order valence-corrected chi connectivity index (χ3v) is 4.48. The van der Waals surface area contributed by atoms with Crippen LogP contribution in [0.2, 0.25) is 0 Å². The lowest BCUT2D eigenvalue weighted by molar-refractivity contribution is -0.143. The maximum absolute atomic E-state index is 11.3. The molecular weight excluding hydrogens is 307 g/mol. The highest BCUT2D eigenvalue weighted by atomic mass is 16.7. The van der Waals surface area contributed by atoms with E-state index in [2.05, 4.69) is 0 Å². The van der Waals surface area contributed by atoms with Gasteiger partial charge in [0.05, 0.1) is 24.4 Å². The van der Waals surface area contributed by atoms with Crippen LogP contribution in [0, 0.1) is 0 Å². The van der Waals surface area contributed by atoms with E-state index >= 15 is 0 Å². The average molecular weight is 334 g/mol. The van der Waals surface area contributed by atoms with Crippen molar-refractivity contribution in [2.75, 3.05) is 13.2 Å². The minimum Gasteiger partial charge on any atom is -0.494 e. The zero-order valence-corrected chi connectivity index (χ0v) is 15.3. The van der Waals surface area contributed by atoms with Crippen molar-refractivity contribution in [1.82, 2.24) is 0 Å². The Morgan fingerprint density at radius 1 is 1.17 bits per heavy atom. The highest BCUT2D eigenvalue weighted by Crippen LogP contribution is 2.36. The fraction of sp³-hybridized carbons (Fsp3) is 0.611. The molecule has 0 aliphatic carbocycles. The van der Waals surface area contributed by atoms with Crippen LogP contribution in [-0.4, -0.2) is 37.5 Å². The summed E-state index contributed by atoms with van der Waals surface area (Å²) in [6.07, 6.45) is 0.990. The number of benzene rings is 1. The van der Waals surface area contributed by atoms with Gasteiger partial charge in [0, 0.05) is 6.42 Å². The van der Waals surface area contributed by atoms with Crippen molar-refractivity contribution in [3.63, 3.8) is 0 Å². The number of rotatable bonds is 7. The molecule has 0 N–H and O–H groups in total. The van der Waals surface area contributed by atoms with Crippen LogP contribution in [0.4, 0.5) is 0 Å². The molecule has 0 saturated carbocycles. The van der Waals surface area contributed by atoms with Crippen molar-refractivity contribution < 1.29 is 23.6 Å². The van der Waals surface area contributed by atoms with Gasteiger partial charge in [-0.1, -0.05) is 12.1 Å². The molecule has 1 heterocycles. The molecule has 2 rings (SSSR count). The molecule has 0 aromatic heterocycles. The number of hydrogen-bond acceptors (Lipinski definition) is 5. The minimum absolute atomic E-state index is 0.188. The molecule has 0 amide bonds. The maximum atomic E-state index is 11.3. The van der Waals surface area contributed by atoms with E-state index in [9.17, 15) is 4.79 Å². The number of hydrogen-bond donors (Lipinski definition) is 0. The van der Waals surface area contributed by atoms with E-state index in [1.807, 2.05) is 52.0 Å². The van der Waals surface area contributed by atoms with E-state index in [0.29, 0.717) is 26.1 Å². The molecular formula is C18H27BO5. The Morgan fingerprint density at radius 2 is 1.83 bits per heavy atom. The predicted molar refractivity (Wildman–Crippen MR) is 93.5 cm³/mol. The van der Waals surface area contributed by atoms with Crippen LogP contribution in [0.3, 0.4) is 0 Å². The second-order valence-electron chi connectivity index (χ2n) is 6.92. The Morgan fingerprint density at radius 3 is 2.46 bits per heavy atom. The number of esters is 1. The van der Waals surface area contributed by atoms with E-state index in [4.69, 9.17) is 18.8 Å².